The zero-order chi connectivity index (χ0) is 17.6. The maximum Gasteiger partial charge on any atom is 0.471 e. The van der Waals surface area contributed by atoms with Gasteiger partial charge in [-0.05, 0) is 17.7 Å². The van der Waals surface area contributed by atoms with E-state index < -0.39 is 18.1 Å². The van der Waals surface area contributed by atoms with Crippen LogP contribution in [0.25, 0.3) is 11.3 Å². The minimum Gasteiger partial charge on any atom is -0.493 e. The Bertz CT molecular complexity index is 814. The highest BCUT2D eigenvalue weighted by atomic mass is 19.4. The fraction of sp³-hybridized carbons (Fsp3) is 0.333. The molecule has 1 N–H and O–H groups in total. The molecular formula is C15H14F3N3O3. The predicted octanol–water partition coefficient (Wildman–Crippen LogP) is 2.19. The number of carbonyl (C=O) groups is 1. The standard InChI is InChI=1S/C15H14F3N3O3/c1-21-13-8-5-11(24-3)10(23-2)4-7(8)12(9(13)6-19-21)20-14(22)15(16,17)18/h4-6,12H,1-3H3,(H,20,22). The van der Waals surface area contributed by atoms with E-state index in [1.54, 1.807) is 23.9 Å². The number of halogens is 3. The van der Waals surface area contributed by atoms with Gasteiger partial charge in [0.15, 0.2) is 11.5 Å². The van der Waals surface area contributed by atoms with Crippen LogP contribution in [0.4, 0.5) is 13.2 Å². The largest absolute Gasteiger partial charge is 0.493 e. The maximum atomic E-state index is 12.6. The topological polar surface area (TPSA) is 65.4 Å². The number of alkyl halides is 3. The molecule has 1 aromatic carbocycles. The Labute approximate surface area is 135 Å². The lowest BCUT2D eigenvalue weighted by atomic mass is 10.0. The van der Waals surface area contributed by atoms with Crippen molar-refractivity contribution in [3.8, 4) is 22.8 Å². The van der Waals surface area contributed by atoms with Gasteiger partial charge in [-0.15, -0.1) is 0 Å². The Hall–Kier alpha value is -2.71. The molecule has 1 aromatic heterocycles. The first-order chi connectivity index (χ1) is 11.3. The summed E-state index contributed by atoms with van der Waals surface area (Å²) in [6.07, 6.45) is -3.53. The smallest absolute Gasteiger partial charge is 0.471 e. The van der Waals surface area contributed by atoms with Gasteiger partial charge in [0.05, 0.1) is 32.2 Å². The van der Waals surface area contributed by atoms with Crippen LogP contribution in [0.2, 0.25) is 0 Å². The summed E-state index contributed by atoms with van der Waals surface area (Å²) in [5, 5.41) is 6.09. The van der Waals surface area contributed by atoms with E-state index in [1.165, 1.54) is 20.4 Å². The summed E-state index contributed by atoms with van der Waals surface area (Å²) in [7, 11) is 4.57. The van der Waals surface area contributed by atoms with Gasteiger partial charge in [-0.3, -0.25) is 9.48 Å². The van der Waals surface area contributed by atoms with E-state index in [1.807, 2.05) is 5.32 Å². The Morgan fingerprint density at radius 3 is 2.42 bits per heavy atom. The molecule has 0 spiro atoms. The SMILES string of the molecule is COc1cc2c(cc1OC)C(NC(=O)C(F)(F)F)c1cnn(C)c1-2. The molecule has 128 valence electrons. The van der Waals surface area contributed by atoms with Crippen molar-refractivity contribution in [2.45, 2.75) is 12.2 Å². The predicted molar refractivity (Wildman–Crippen MR) is 77.8 cm³/mol. The minimum atomic E-state index is -4.97. The number of benzene rings is 1. The summed E-state index contributed by atoms with van der Waals surface area (Å²) in [4.78, 5) is 11.4. The molecule has 0 radical (unpaired) electrons. The van der Waals surface area contributed by atoms with Gasteiger partial charge >= 0.3 is 12.1 Å². The average molecular weight is 341 g/mol. The molecule has 1 aliphatic rings. The van der Waals surface area contributed by atoms with Crippen molar-refractivity contribution in [2.24, 2.45) is 7.05 Å². The minimum absolute atomic E-state index is 0.364. The Morgan fingerprint density at radius 2 is 1.83 bits per heavy atom. The summed E-state index contributed by atoms with van der Waals surface area (Å²) in [5.74, 6) is -1.21. The fourth-order valence-electron chi connectivity index (χ4n) is 2.87. The number of nitrogens with zero attached hydrogens (tertiary/aromatic N) is 2. The maximum absolute atomic E-state index is 12.6. The summed E-state index contributed by atoms with van der Waals surface area (Å²) < 4.78 is 49.9. The summed E-state index contributed by atoms with van der Waals surface area (Å²) >= 11 is 0. The van der Waals surface area contributed by atoms with Gasteiger partial charge < -0.3 is 14.8 Å². The third-order valence-corrected chi connectivity index (χ3v) is 3.93. The molecular weight excluding hydrogens is 327 g/mol. The highest BCUT2D eigenvalue weighted by Gasteiger charge is 2.43. The van der Waals surface area contributed by atoms with Crippen LogP contribution in [-0.2, 0) is 11.8 Å². The highest BCUT2D eigenvalue weighted by molar-refractivity contribution is 5.86. The number of nitrogens with one attached hydrogen (secondary N) is 1. The van der Waals surface area contributed by atoms with Gasteiger partial charge in [-0.1, -0.05) is 0 Å². The van der Waals surface area contributed by atoms with Gasteiger partial charge in [0.2, 0.25) is 0 Å². The van der Waals surface area contributed by atoms with Crippen molar-refractivity contribution >= 4 is 5.91 Å². The second kappa shape index (κ2) is 5.43. The van der Waals surface area contributed by atoms with Crippen LogP contribution >= 0.6 is 0 Å². The Balaban J connectivity index is 2.14. The number of methoxy groups -OCH3 is 2. The number of hydrogen-bond acceptors (Lipinski definition) is 4. The lowest BCUT2D eigenvalue weighted by Crippen LogP contribution is -2.38. The van der Waals surface area contributed by atoms with E-state index in [0.29, 0.717) is 33.9 Å². The Kier molecular flexibility index (Phi) is 3.66. The highest BCUT2D eigenvalue weighted by Crippen LogP contribution is 2.47. The molecule has 0 saturated carbocycles. The molecule has 1 atom stereocenters. The number of amides is 1. The second-order valence-electron chi connectivity index (χ2n) is 5.27. The molecule has 6 nitrogen and oxygen atoms in total. The average Bonchev–Trinajstić information content (AvgIpc) is 3.04. The van der Waals surface area contributed by atoms with Gasteiger partial charge in [0.1, 0.15) is 0 Å². The second-order valence-corrected chi connectivity index (χ2v) is 5.27. The first-order valence-corrected chi connectivity index (χ1v) is 6.93. The molecule has 24 heavy (non-hydrogen) atoms. The zero-order valence-corrected chi connectivity index (χ0v) is 13.1. The van der Waals surface area contributed by atoms with Crippen molar-refractivity contribution in [1.29, 1.82) is 0 Å². The number of fused-ring (bicyclic) bond motifs is 3. The summed E-state index contributed by atoms with van der Waals surface area (Å²) in [5.41, 5.74) is 2.24. The van der Waals surface area contributed by atoms with Crippen LogP contribution in [0.1, 0.15) is 17.2 Å². The molecule has 1 aliphatic carbocycles. The molecule has 1 amide bonds. The lowest BCUT2D eigenvalue weighted by molar-refractivity contribution is -0.174. The molecule has 1 heterocycles. The third kappa shape index (κ3) is 2.36. The lowest BCUT2D eigenvalue weighted by Gasteiger charge is -2.17. The third-order valence-electron chi connectivity index (χ3n) is 3.93. The van der Waals surface area contributed by atoms with E-state index in [-0.39, 0.29) is 0 Å². The number of aromatic nitrogens is 2. The van der Waals surface area contributed by atoms with Crippen LogP contribution in [-0.4, -0.2) is 36.1 Å². The van der Waals surface area contributed by atoms with Gasteiger partial charge in [0.25, 0.3) is 0 Å². The van der Waals surface area contributed by atoms with E-state index in [0.717, 1.165) is 0 Å². The molecule has 0 bridgehead atoms. The van der Waals surface area contributed by atoms with Crippen molar-refractivity contribution in [1.82, 2.24) is 15.1 Å². The van der Waals surface area contributed by atoms with Gasteiger partial charge in [-0.25, -0.2) is 0 Å². The van der Waals surface area contributed by atoms with E-state index >= 15 is 0 Å². The molecule has 3 rings (SSSR count). The van der Waals surface area contributed by atoms with Crippen LogP contribution in [0.3, 0.4) is 0 Å². The number of aryl methyl sites for hydroxylation is 1. The van der Waals surface area contributed by atoms with Crippen LogP contribution < -0.4 is 14.8 Å². The van der Waals surface area contributed by atoms with Crippen LogP contribution in [0.5, 0.6) is 11.5 Å². The van der Waals surface area contributed by atoms with Crippen LogP contribution in [0.15, 0.2) is 18.3 Å². The van der Waals surface area contributed by atoms with Crippen molar-refractivity contribution in [3.05, 3.63) is 29.5 Å². The van der Waals surface area contributed by atoms with Crippen molar-refractivity contribution in [3.63, 3.8) is 0 Å². The Morgan fingerprint density at radius 1 is 1.21 bits per heavy atom. The first-order valence-electron chi connectivity index (χ1n) is 6.93. The zero-order valence-electron chi connectivity index (χ0n) is 13.1. The van der Waals surface area contributed by atoms with Gasteiger partial charge in [0, 0.05) is 18.2 Å². The number of carbonyl (C=O) groups excluding carboxylic acids is 1. The number of ether oxygens (including phenoxy) is 2. The summed E-state index contributed by atoms with van der Waals surface area (Å²) in [6.45, 7) is 0. The normalized spacial score (nSPS) is 15.7. The molecule has 1 unspecified atom stereocenters. The molecule has 2 aromatic rings. The van der Waals surface area contributed by atoms with E-state index in [4.69, 9.17) is 9.47 Å². The number of hydrogen-bond donors (Lipinski definition) is 1. The van der Waals surface area contributed by atoms with Crippen molar-refractivity contribution < 1.29 is 27.4 Å². The van der Waals surface area contributed by atoms with Crippen LogP contribution in [0, 0.1) is 0 Å². The van der Waals surface area contributed by atoms with Crippen molar-refractivity contribution in [2.75, 3.05) is 14.2 Å². The fourth-order valence-corrected chi connectivity index (χ4v) is 2.87. The molecule has 9 heteroatoms. The summed E-state index contributed by atoms with van der Waals surface area (Å²) in [6, 6.07) is 2.27. The quantitative estimate of drug-likeness (QED) is 0.929. The molecule has 0 fully saturated rings. The van der Waals surface area contributed by atoms with E-state index in [2.05, 4.69) is 5.10 Å². The molecule has 0 saturated heterocycles. The van der Waals surface area contributed by atoms with Gasteiger partial charge in [-0.2, -0.15) is 18.3 Å². The monoisotopic (exact) mass is 341 g/mol. The molecule has 0 aliphatic heterocycles. The first kappa shape index (κ1) is 16.2. The number of rotatable bonds is 3. The van der Waals surface area contributed by atoms with E-state index in [9.17, 15) is 18.0 Å².